The van der Waals surface area contributed by atoms with Crippen LogP contribution in [0.1, 0.15) is 20.8 Å². The molecule has 0 atom stereocenters. The fourth-order valence-electron chi connectivity index (χ4n) is 2.06. The molecule has 1 aromatic heterocycles. The van der Waals surface area contributed by atoms with Gasteiger partial charge in [-0.15, -0.1) is 5.12 Å². The van der Waals surface area contributed by atoms with Gasteiger partial charge in [0, 0.05) is 19.3 Å². The Hall–Kier alpha value is -3.43. The Morgan fingerprint density at radius 1 is 1.26 bits per heavy atom. The van der Waals surface area contributed by atoms with Gasteiger partial charge in [0.15, 0.2) is 0 Å². The summed E-state index contributed by atoms with van der Waals surface area (Å²) < 4.78 is 24.5. The molecular weight excluding hydrogens is 359 g/mol. The van der Waals surface area contributed by atoms with E-state index < -0.39 is 16.6 Å². The maximum Gasteiger partial charge on any atom is 0.443 e. The third kappa shape index (κ3) is 5.03. The largest absolute Gasteiger partial charge is 0.450 e. The van der Waals surface area contributed by atoms with Crippen molar-refractivity contribution in [2.75, 3.05) is 17.5 Å². The molecule has 0 bridgehead atoms. The highest BCUT2D eigenvalue weighted by Gasteiger charge is 2.24. The normalized spacial score (nSPS) is 10.9. The molecule has 0 unspecified atom stereocenters. The number of nitro groups is 1. The Balaban J connectivity index is 2.20. The van der Waals surface area contributed by atoms with Crippen molar-refractivity contribution in [1.82, 2.24) is 4.98 Å². The molecule has 1 heterocycles. The van der Waals surface area contributed by atoms with Crippen molar-refractivity contribution in [2.45, 2.75) is 26.4 Å². The molecule has 0 radical (unpaired) electrons. The Bertz CT molecular complexity index is 836. The van der Waals surface area contributed by atoms with E-state index in [0.29, 0.717) is 0 Å². The van der Waals surface area contributed by atoms with Gasteiger partial charge in [-0.05, 0) is 45.0 Å². The number of nitrogens with zero attached hydrogens (tertiary/aromatic N) is 3. The number of hydrogen-bond donors (Lipinski definition) is 1. The van der Waals surface area contributed by atoms with Crippen LogP contribution in [0.3, 0.4) is 0 Å². The van der Waals surface area contributed by atoms with E-state index in [1.165, 1.54) is 43.6 Å². The van der Waals surface area contributed by atoms with Gasteiger partial charge in [0.1, 0.15) is 11.4 Å². The zero-order valence-corrected chi connectivity index (χ0v) is 15.2. The van der Waals surface area contributed by atoms with Gasteiger partial charge in [-0.2, -0.15) is 0 Å². The first kappa shape index (κ1) is 19.9. The molecule has 0 spiro atoms. The van der Waals surface area contributed by atoms with E-state index in [-0.39, 0.29) is 33.8 Å². The van der Waals surface area contributed by atoms with Crippen LogP contribution >= 0.6 is 0 Å². The summed E-state index contributed by atoms with van der Waals surface area (Å²) in [5.41, 5.74) is -1.24. The number of aromatic nitrogens is 1. The summed E-state index contributed by atoms with van der Waals surface area (Å²) in [5.74, 6) is 0.234. The number of benzene rings is 1. The Labute approximate surface area is 154 Å². The lowest BCUT2D eigenvalue weighted by Gasteiger charge is -2.22. The standard InChI is InChI=1S/C17H19FN4O5/c1-17(2,3)27-16(23)21(18)11-5-7-12(8-6-11)26-13-9-10-20-15(19-4)14(13)22(24)25/h5-10H,1-4H3,(H,19,20). The number of halogens is 1. The number of pyridine rings is 1. The molecule has 0 fully saturated rings. The molecule has 27 heavy (non-hydrogen) atoms. The first-order valence-electron chi connectivity index (χ1n) is 7.90. The third-order valence-electron chi connectivity index (χ3n) is 3.15. The topological polar surface area (TPSA) is 107 Å². The molecule has 0 aliphatic carbocycles. The maximum atomic E-state index is 14.1. The van der Waals surface area contributed by atoms with Gasteiger partial charge < -0.3 is 14.8 Å². The van der Waals surface area contributed by atoms with Crippen LogP contribution in [0.5, 0.6) is 11.5 Å². The number of rotatable bonds is 5. The van der Waals surface area contributed by atoms with E-state index in [9.17, 15) is 19.4 Å². The van der Waals surface area contributed by atoms with Crippen LogP contribution in [0, 0.1) is 10.1 Å². The number of amides is 1. The van der Waals surface area contributed by atoms with E-state index in [1.807, 2.05) is 0 Å². The summed E-state index contributed by atoms with van der Waals surface area (Å²) in [4.78, 5) is 26.2. The summed E-state index contributed by atoms with van der Waals surface area (Å²) in [6.07, 6.45) is 0.202. The van der Waals surface area contributed by atoms with Gasteiger partial charge in [0.2, 0.25) is 11.6 Å². The lowest BCUT2D eigenvalue weighted by molar-refractivity contribution is -0.385. The molecule has 9 nitrogen and oxygen atoms in total. The first-order chi connectivity index (χ1) is 12.6. The van der Waals surface area contributed by atoms with Crippen LogP contribution in [0.15, 0.2) is 36.5 Å². The summed E-state index contributed by atoms with van der Waals surface area (Å²) in [6, 6.07) is 6.65. The van der Waals surface area contributed by atoms with Gasteiger partial charge in [0.05, 0.1) is 10.6 Å². The quantitative estimate of drug-likeness (QED) is 0.465. The number of carbonyl (C=O) groups is 1. The molecular formula is C17H19FN4O5. The van der Waals surface area contributed by atoms with Crippen molar-refractivity contribution < 1.29 is 23.7 Å². The highest BCUT2D eigenvalue weighted by molar-refractivity contribution is 5.85. The number of carbonyl (C=O) groups excluding carboxylic acids is 1. The second-order valence-electron chi connectivity index (χ2n) is 6.37. The van der Waals surface area contributed by atoms with E-state index in [2.05, 4.69) is 10.3 Å². The van der Waals surface area contributed by atoms with E-state index in [0.717, 1.165) is 0 Å². The minimum Gasteiger partial charge on any atom is -0.450 e. The van der Waals surface area contributed by atoms with Crippen LogP contribution in [0.25, 0.3) is 0 Å². The molecule has 10 heteroatoms. The molecule has 2 rings (SSSR count). The van der Waals surface area contributed by atoms with Crippen molar-refractivity contribution in [3.8, 4) is 11.5 Å². The van der Waals surface area contributed by atoms with Crippen molar-refractivity contribution in [3.05, 3.63) is 46.6 Å². The molecule has 0 saturated carbocycles. The minimum absolute atomic E-state index is 0.0312. The SMILES string of the molecule is CNc1nccc(Oc2ccc(N(F)C(=O)OC(C)(C)C)cc2)c1[N+](=O)[O-]. The lowest BCUT2D eigenvalue weighted by Crippen LogP contribution is -2.31. The molecule has 1 N–H and O–H groups in total. The first-order valence-corrected chi connectivity index (χ1v) is 7.90. The third-order valence-corrected chi connectivity index (χ3v) is 3.15. The average Bonchev–Trinajstić information content (AvgIpc) is 2.59. The predicted octanol–water partition coefficient (Wildman–Crippen LogP) is 4.45. The van der Waals surface area contributed by atoms with Crippen molar-refractivity contribution >= 4 is 23.3 Å². The number of nitrogens with one attached hydrogen (secondary N) is 1. The second kappa shape index (κ2) is 7.85. The fourth-order valence-corrected chi connectivity index (χ4v) is 2.06. The van der Waals surface area contributed by atoms with Gasteiger partial charge in [0.25, 0.3) is 0 Å². The van der Waals surface area contributed by atoms with Crippen LogP contribution in [0.4, 0.5) is 26.5 Å². The summed E-state index contributed by atoms with van der Waals surface area (Å²) in [5, 5.41) is 13.7. The minimum atomic E-state index is -1.15. The highest BCUT2D eigenvalue weighted by Crippen LogP contribution is 2.36. The fraction of sp³-hybridized carbons (Fsp3) is 0.294. The monoisotopic (exact) mass is 378 g/mol. The van der Waals surface area contributed by atoms with E-state index in [1.54, 1.807) is 20.8 Å². The summed E-state index contributed by atoms with van der Waals surface area (Å²) in [7, 11) is 1.50. The van der Waals surface area contributed by atoms with Gasteiger partial charge >= 0.3 is 11.8 Å². The van der Waals surface area contributed by atoms with Crippen LogP contribution in [-0.4, -0.2) is 28.6 Å². The van der Waals surface area contributed by atoms with E-state index >= 15 is 0 Å². The molecule has 2 aromatic rings. The summed E-state index contributed by atoms with van der Waals surface area (Å²) >= 11 is 0. The lowest BCUT2D eigenvalue weighted by atomic mass is 10.2. The summed E-state index contributed by atoms with van der Waals surface area (Å²) in [6.45, 7) is 4.87. The number of anilines is 2. The van der Waals surface area contributed by atoms with E-state index in [4.69, 9.17) is 9.47 Å². The molecule has 144 valence electrons. The molecule has 0 aliphatic heterocycles. The molecule has 1 amide bonds. The number of hydrogen-bond acceptors (Lipinski definition) is 7. The van der Waals surface area contributed by atoms with Gasteiger partial charge in [-0.3, -0.25) is 10.1 Å². The number of ether oxygens (including phenoxy) is 2. The van der Waals surface area contributed by atoms with Crippen LogP contribution < -0.4 is 15.2 Å². The van der Waals surface area contributed by atoms with Crippen molar-refractivity contribution in [3.63, 3.8) is 0 Å². The molecule has 0 aliphatic rings. The zero-order chi connectivity index (χ0) is 20.2. The molecule has 0 saturated heterocycles. The van der Waals surface area contributed by atoms with Crippen LogP contribution in [-0.2, 0) is 4.74 Å². The Kier molecular flexibility index (Phi) is 5.78. The Morgan fingerprint density at radius 2 is 1.89 bits per heavy atom. The van der Waals surface area contributed by atoms with Gasteiger partial charge in [-0.25, -0.2) is 9.78 Å². The average molecular weight is 378 g/mol. The predicted molar refractivity (Wildman–Crippen MR) is 96.8 cm³/mol. The van der Waals surface area contributed by atoms with Gasteiger partial charge in [-0.1, -0.05) is 4.48 Å². The highest BCUT2D eigenvalue weighted by atomic mass is 19.2. The zero-order valence-electron chi connectivity index (χ0n) is 15.2. The second-order valence-corrected chi connectivity index (χ2v) is 6.37. The maximum absolute atomic E-state index is 14.1. The van der Waals surface area contributed by atoms with Crippen molar-refractivity contribution in [2.24, 2.45) is 0 Å². The van der Waals surface area contributed by atoms with Crippen molar-refractivity contribution in [1.29, 1.82) is 0 Å². The van der Waals surface area contributed by atoms with Crippen LogP contribution in [0.2, 0.25) is 0 Å². The Morgan fingerprint density at radius 3 is 2.41 bits per heavy atom. The molecule has 1 aromatic carbocycles. The smallest absolute Gasteiger partial charge is 0.443 e.